The van der Waals surface area contributed by atoms with Gasteiger partial charge in [-0.1, -0.05) is 33.3 Å². The van der Waals surface area contributed by atoms with Gasteiger partial charge in [0.15, 0.2) is 0 Å². The highest BCUT2D eigenvalue weighted by Gasteiger charge is 2.10. The number of carbonyl (C=O) groups excluding carboxylic acids is 1. The first-order valence-electron chi connectivity index (χ1n) is 5.08. The van der Waals surface area contributed by atoms with E-state index in [0.29, 0.717) is 11.6 Å². The third-order valence-corrected chi connectivity index (χ3v) is 2.00. The molecular formula is C11H21NO. The molecule has 0 fully saturated rings. The maximum absolute atomic E-state index is 11.3. The molecule has 1 amide bonds. The predicted octanol–water partition coefficient (Wildman–Crippen LogP) is 2.65. The molecule has 1 N–H and O–H groups in total. The van der Waals surface area contributed by atoms with Crippen LogP contribution in [0.1, 0.15) is 46.5 Å². The van der Waals surface area contributed by atoms with E-state index in [4.69, 9.17) is 0 Å². The van der Waals surface area contributed by atoms with Gasteiger partial charge in [-0.25, -0.2) is 0 Å². The summed E-state index contributed by atoms with van der Waals surface area (Å²) in [5, 5.41) is 2.98. The zero-order valence-corrected chi connectivity index (χ0v) is 9.02. The predicted molar refractivity (Wildman–Crippen MR) is 56.6 cm³/mol. The highest BCUT2D eigenvalue weighted by Crippen LogP contribution is 2.05. The van der Waals surface area contributed by atoms with Crippen molar-refractivity contribution in [3.63, 3.8) is 0 Å². The SMILES string of the molecule is C=C(C)C(=O)NC(CCC)CCC. The van der Waals surface area contributed by atoms with Crippen molar-refractivity contribution in [1.82, 2.24) is 5.32 Å². The monoisotopic (exact) mass is 183 g/mol. The van der Waals surface area contributed by atoms with Crippen LogP contribution in [-0.4, -0.2) is 11.9 Å². The Bertz CT molecular complexity index is 169. The molecular weight excluding hydrogens is 162 g/mol. The number of hydrogen-bond acceptors (Lipinski definition) is 1. The summed E-state index contributed by atoms with van der Waals surface area (Å²) in [4.78, 5) is 11.3. The Morgan fingerprint density at radius 3 is 2.08 bits per heavy atom. The molecule has 0 atom stereocenters. The fraction of sp³-hybridized carbons (Fsp3) is 0.727. The van der Waals surface area contributed by atoms with Crippen molar-refractivity contribution in [3.8, 4) is 0 Å². The van der Waals surface area contributed by atoms with E-state index in [9.17, 15) is 4.79 Å². The van der Waals surface area contributed by atoms with E-state index < -0.39 is 0 Å². The van der Waals surface area contributed by atoms with Crippen LogP contribution in [0.2, 0.25) is 0 Å². The summed E-state index contributed by atoms with van der Waals surface area (Å²) >= 11 is 0. The smallest absolute Gasteiger partial charge is 0.246 e. The molecule has 0 heterocycles. The van der Waals surface area contributed by atoms with E-state index in [1.54, 1.807) is 6.92 Å². The summed E-state index contributed by atoms with van der Waals surface area (Å²) < 4.78 is 0. The van der Waals surface area contributed by atoms with Crippen molar-refractivity contribution >= 4 is 5.91 Å². The summed E-state index contributed by atoms with van der Waals surface area (Å²) in [6.45, 7) is 9.63. The number of rotatable bonds is 6. The summed E-state index contributed by atoms with van der Waals surface area (Å²) in [7, 11) is 0. The van der Waals surface area contributed by atoms with Gasteiger partial charge in [-0.15, -0.1) is 0 Å². The molecule has 0 spiro atoms. The largest absolute Gasteiger partial charge is 0.350 e. The molecule has 2 nitrogen and oxygen atoms in total. The average molecular weight is 183 g/mol. The molecule has 0 rings (SSSR count). The molecule has 0 aliphatic rings. The van der Waals surface area contributed by atoms with Crippen LogP contribution in [0.3, 0.4) is 0 Å². The zero-order valence-electron chi connectivity index (χ0n) is 9.02. The van der Waals surface area contributed by atoms with Gasteiger partial charge in [0, 0.05) is 11.6 Å². The van der Waals surface area contributed by atoms with Crippen molar-refractivity contribution < 1.29 is 4.79 Å². The Kier molecular flexibility index (Phi) is 6.29. The normalized spacial score (nSPS) is 10.2. The van der Waals surface area contributed by atoms with Crippen LogP contribution < -0.4 is 5.32 Å². The second-order valence-corrected chi connectivity index (χ2v) is 3.53. The standard InChI is InChI=1S/C11H21NO/c1-5-7-10(8-6-2)12-11(13)9(3)4/h10H,3,5-8H2,1-2,4H3,(H,12,13). The van der Waals surface area contributed by atoms with E-state index >= 15 is 0 Å². The quantitative estimate of drug-likeness (QED) is 0.630. The lowest BCUT2D eigenvalue weighted by Gasteiger charge is -2.17. The van der Waals surface area contributed by atoms with Gasteiger partial charge in [-0.2, -0.15) is 0 Å². The molecule has 0 aromatic rings. The van der Waals surface area contributed by atoms with Crippen LogP contribution in [0.4, 0.5) is 0 Å². The molecule has 0 radical (unpaired) electrons. The van der Waals surface area contributed by atoms with Gasteiger partial charge in [0.05, 0.1) is 0 Å². The highest BCUT2D eigenvalue weighted by molar-refractivity contribution is 5.92. The van der Waals surface area contributed by atoms with Crippen LogP contribution in [0, 0.1) is 0 Å². The van der Waals surface area contributed by atoms with Crippen molar-refractivity contribution in [2.45, 2.75) is 52.5 Å². The van der Waals surface area contributed by atoms with Crippen LogP contribution in [0.25, 0.3) is 0 Å². The Labute approximate surface area is 81.4 Å². The number of hydrogen-bond donors (Lipinski definition) is 1. The minimum Gasteiger partial charge on any atom is -0.350 e. The first kappa shape index (κ1) is 12.2. The second-order valence-electron chi connectivity index (χ2n) is 3.53. The summed E-state index contributed by atoms with van der Waals surface area (Å²) in [6.07, 6.45) is 4.35. The molecule has 13 heavy (non-hydrogen) atoms. The minimum atomic E-state index is -0.00750. The Morgan fingerprint density at radius 2 is 1.77 bits per heavy atom. The number of nitrogens with one attached hydrogen (secondary N) is 1. The van der Waals surface area contributed by atoms with Gasteiger partial charge in [0.2, 0.25) is 5.91 Å². The molecule has 0 saturated carbocycles. The van der Waals surface area contributed by atoms with Crippen LogP contribution >= 0.6 is 0 Å². The lowest BCUT2D eigenvalue weighted by Crippen LogP contribution is -2.34. The molecule has 0 bridgehead atoms. The van der Waals surface area contributed by atoms with Crippen molar-refractivity contribution in [2.24, 2.45) is 0 Å². The van der Waals surface area contributed by atoms with E-state index in [-0.39, 0.29) is 5.91 Å². The van der Waals surface area contributed by atoms with Crippen molar-refractivity contribution in [3.05, 3.63) is 12.2 Å². The van der Waals surface area contributed by atoms with Crippen LogP contribution in [0.15, 0.2) is 12.2 Å². The van der Waals surface area contributed by atoms with E-state index in [0.717, 1.165) is 25.7 Å². The number of carbonyl (C=O) groups is 1. The lowest BCUT2D eigenvalue weighted by atomic mass is 10.1. The van der Waals surface area contributed by atoms with Gasteiger partial charge in [0.25, 0.3) is 0 Å². The maximum atomic E-state index is 11.3. The summed E-state index contributed by atoms with van der Waals surface area (Å²) in [5.41, 5.74) is 0.595. The topological polar surface area (TPSA) is 29.1 Å². The van der Waals surface area contributed by atoms with Crippen molar-refractivity contribution in [2.75, 3.05) is 0 Å². The van der Waals surface area contributed by atoms with Gasteiger partial charge < -0.3 is 5.32 Å². The summed E-state index contributed by atoms with van der Waals surface area (Å²) in [5.74, 6) is -0.00750. The average Bonchev–Trinajstić information content (AvgIpc) is 2.05. The van der Waals surface area contributed by atoms with Crippen molar-refractivity contribution in [1.29, 1.82) is 0 Å². The molecule has 0 saturated heterocycles. The van der Waals surface area contributed by atoms with E-state index in [2.05, 4.69) is 25.7 Å². The zero-order chi connectivity index (χ0) is 10.3. The fourth-order valence-electron chi connectivity index (χ4n) is 1.29. The van der Waals surface area contributed by atoms with Gasteiger partial charge in [-0.3, -0.25) is 4.79 Å². The molecule has 0 aliphatic heterocycles. The molecule has 2 heteroatoms. The maximum Gasteiger partial charge on any atom is 0.246 e. The third-order valence-electron chi connectivity index (χ3n) is 2.00. The fourth-order valence-corrected chi connectivity index (χ4v) is 1.29. The molecule has 0 aromatic heterocycles. The molecule has 0 unspecified atom stereocenters. The van der Waals surface area contributed by atoms with E-state index in [1.807, 2.05) is 0 Å². The minimum absolute atomic E-state index is 0.00750. The number of amides is 1. The lowest BCUT2D eigenvalue weighted by molar-refractivity contribution is -0.118. The van der Waals surface area contributed by atoms with Crippen LogP contribution in [0.5, 0.6) is 0 Å². The van der Waals surface area contributed by atoms with Crippen LogP contribution in [-0.2, 0) is 4.79 Å². The van der Waals surface area contributed by atoms with Gasteiger partial charge in [-0.05, 0) is 19.8 Å². The molecule has 0 aromatic carbocycles. The first-order chi connectivity index (χ1) is 6.11. The third kappa shape index (κ3) is 5.45. The highest BCUT2D eigenvalue weighted by atomic mass is 16.1. The second kappa shape index (κ2) is 6.70. The van der Waals surface area contributed by atoms with E-state index in [1.165, 1.54) is 0 Å². The van der Waals surface area contributed by atoms with Gasteiger partial charge in [0.1, 0.15) is 0 Å². The molecule has 76 valence electrons. The Morgan fingerprint density at radius 1 is 1.31 bits per heavy atom. The first-order valence-corrected chi connectivity index (χ1v) is 5.08. The van der Waals surface area contributed by atoms with Gasteiger partial charge >= 0.3 is 0 Å². The Hall–Kier alpha value is -0.790. The molecule has 0 aliphatic carbocycles. The Balaban J connectivity index is 3.93. The summed E-state index contributed by atoms with van der Waals surface area (Å²) in [6, 6.07) is 0.333.